The van der Waals surface area contributed by atoms with E-state index in [9.17, 15) is 14.0 Å². The van der Waals surface area contributed by atoms with Crippen molar-refractivity contribution in [1.29, 1.82) is 0 Å². The van der Waals surface area contributed by atoms with E-state index < -0.39 is 0 Å². The van der Waals surface area contributed by atoms with Crippen molar-refractivity contribution in [3.8, 4) is 0 Å². The number of esters is 1. The Labute approximate surface area is 194 Å². The second-order valence-electron chi connectivity index (χ2n) is 10.2. The van der Waals surface area contributed by atoms with Crippen LogP contribution in [0, 0.1) is 5.82 Å². The van der Waals surface area contributed by atoms with E-state index in [4.69, 9.17) is 4.74 Å². The molecule has 2 aliphatic heterocycles. The minimum Gasteiger partial charge on any atom is -0.465 e. The fraction of sp³-hybridized carbons (Fsp3) is 0.462. The van der Waals surface area contributed by atoms with Gasteiger partial charge in [-0.2, -0.15) is 0 Å². The van der Waals surface area contributed by atoms with Crippen LogP contribution < -0.4 is 10.2 Å². The molecule has 2 aromatic rings. The van der Waals surface area contributed by atoms with Crippen LogP contribution in [0.4, 0.5) is 14.9 Å². The molecule has 2 heterocycles. The summed E-state index contributed by atoms with van der Waals surface area (Å²) >= 11 is 0. The number of methoxy groups -OCH3 is 1. The summed E-state index contributed by atoms with van der Waals surface area (Å²) in [4.78, 5) is 28.8. The quantitative estimate of drug-likeness (QED) is 0.697. The van der Waals surface area contributed by atoms with E-state index in [0.29, 0.717) is 12.1 Å². The van der Waals surface area contributed by atoms with Crippen molar-refractivity contribution >= 4 is 17.7 Å². The van der Waals surface area contributed by atoms with E-state index in [2.05, 4.69) is 10.2 Å². The third-order valence-corrected chi connectivity index (χ3v) is 6.60. The molecule has 0 aromatic heterocycles. The monoisotopic (exact) mass is 453 g/mol. The number of carbonyl (C=O) groups excluding carboxylic acids is 2. The lowest BCUT2D eigenvalue weighted by atomic mass is 9.74. The molecule has 0 saturated carbocycles. The van der Waals surface area contributed by atoms with Crippen LogP contribution in [0.15, 0.2) is 42.5 Å². The molecule has 176 valence electrons. The zero-order chi connectivity index (χ0) is 23.8. The second-order valence-corrected chi connectivity index (χ2v) is 10.2. The van der Waals surface area contributed by atoms with Crippen LogP contribution in [-0.2, 0) is 16.7 Å². The van der Waals surface area contributed by atoms with Crippen LogP contribution >= 0.6 is 0 Å². The molecular weight excluding hydrogens is 421 g/mol. The van der Waals surface area contributed by atoms with Crippen molar-refractivity contribution in [2.24, 2.45) is 0 Å². The van der Waals surface area contributed by atoms with Gasteiger partial charge in [0.1, 0.15) is 5.82 Å². The number of halogens is 1. The lowest BCUT2D eigenvalue weighted by Crippen LogP contribution is -2.51. The van der Waals surface area contributed by atoms with Crippen molar-refractivity contribution in [1.82, 2.24) is 10.2 Å². The summed E-state index contributed by atoms with van der Waals surface area (Å²) in [6.45, 7) is 8.92. The Hall–Kier alpha value is -2.93. The second kappa shape index (κ2) is 8.78. The van der Waals surface area contributed by atoms with Crippen LogP contribution in [0.2, 0.25) is 0 Å². The summed E-state index contributed by atoms with van der Waals surface area (Å²) in [6.07, 6.45) is 1.70. The third kappa shape index (κ3) is 4.88. The number of carbonyl (C=O) groups is 2. The summed E-state index contributed by atoms with van der Waals surface area (Å²) < 4.78 is 19.0. The smallest absolute Gasteiger partial charge is 0.337 e. The van der Waals surface area contributed by atoms with E-state index in [1.807, 2.05) is 32.9 Å². The molecule has 1 N–H and O–H groups in total. The summed E-state index contributed by atoms with van der Waals surface area (Å²) in [5.74, 6) is -0.604. The first-order valence-corrected chi connectivity index (χ1v) is 11.4. The van der Waals surface area contributed by atoms with Gasteiger partial charge in [-0.15, -0.1) is 0 Å². The summed E-state index contributed by atoms with van der Waals surface area (Å²) in [6, 6.07) is 12.1. The van der Waals surface area contributed by atoms with Gasteiger partial charge in [-0.25, -0.2) is 14.0 Å². The van der Waals surface area contributed by atoms with Gasteiger partial charge in [0.2, 0.25) is 0 Å². The number of likely N-dealkylation sites (tertiary alicyclic amines) is 1. The molecule has 0 radical (unpaired) electrons. The lowest BCUT2D eigenvalue weighted by molar-refractivity contribution is 0.0600. The van der Waals surface area contributed by atoms with Gasteiger partial charge in [0.25, 0.3) is 0 Å². The number of rotatable bonds is 3. The molecular formula is C26H32FN3O3. The molecule has 2 aromatic carbocycles. The maximum atomic E-state index is 14.2. The minimum atomic E-state index is -0.347. The van der Waals surface area contributed by atoms with E-state index in [0.717, 1.165) is 49.3 Å². The average molecular weight is 454 g/mol. The van der Waals surface area contributed by atoms with Crippen LogP contribution in [0.5, 0.6) is 0 Å². The largest absolute Gasteiger partial charge is 0.465 e. The highest BCUT2D eigenvalue weighted by molar-refractivity contribution is 5.95. The molecule has 0 bridgehead atoms. The van der Waals surface area contributed by atoms with E-state index in [1.165, 1.54) is 13.2 Å². The molecule has 0 atom stereocenters. The topological polar surface area (TPSA) is 61.9 Å². The first kappa shape index (κ1) is 23.2. The first-order valence-electron chi connectivity index (χ1n) is 11.4. The zero-order valence-corrected chi connectivity index (χ0v) is 19.8. The summed E-state index contributed by atoms with van der Waals surface area (Å²) in [5, 5.41) is 3.05. The Morgan fingerprint density at radius 1 is 1.09 bits per heavy atom. The Morgan fingerprint density at radius 3 is 2.36 bits per heavy atom. The fourth-order valence-electron chi connectivity index (χ4n) is 4.90. The van der Waals surface area contributed by atoms with Gasteiger partial charge in [0, 0.05) is 29.7 Å². The summed E-state index contributed by atoms with van der Waals surface area (Å²) in [7, 11) is 1.38. The van der Waals surface area contributed by atoms with Gasteiger partial charge in [-0.3, -0.25) is 9.80 Å². The SMILES string of the molecule is COC(=O)c1ccc(CN2CCC3(CC2)CN(C(=O)NC(C)(C)C)c2ccc(F)cc23)cc1. The number of urea groups is 1. The molecule has 2 amide bonds. The average Bonchev–Trinajstić information content (AvgIpc) is 3.08. The molecule has 0 aliphatic carbocycles. The highest BCUT2D eigenvalue weighted by Crippen LogP contribution is 2.47. The maximum absolute atomic E-state index is 14.2. The zero-order valence-electron chi connectivity index (χ0n) is 19.8. The third-order valence-electron chi connectivity index (χ3n) is 6.60. The van der Waals surface area contributed by atoms with Crippen molar-refractivity contribution in [3.05, 3.63) is 65.0 Å². The van der Waals surface area contributed by atoms with Crippen LogP contribution in [0.3, 0.4) is 0 Å². The van der Waals surface area contributed by atoms with Crippen LogP contribution in [-0.4, -0.2) is 49.2 Å². The number of hydrogen-bond donors (Lipinski definition) is 1. The van der Waals surface area contributed by atoms with Gasteiger partial charge in [0.05, 0.1) is 12.7 Å². The number of amides is 2. The molecule has 1 fully saturated rings. The Kier molecular flexibility index (Phi) is 6.18. The van der Waals surface area contributed by atoms with Crippen molar-refractivity contribution in [2.45, 2.75) is 51.1 Å². The van der Waals surface area contributed by atoms with Gasteiger partial charge in [-0.05, 0) is 88.2 Å². The van der Waals surface area contributed by atoms with Crippen molar-refractivity contribution < 1.29 is 18.7 Å². The number of nitrogens with zero attached hydrogens (tertiary/aromatic N) is 2. The first-order chi connectivity index (χ1) is 15.6. The molecule has 6 nitrogen and oxygen atoms in total. The number of fused-ring (bicyclic) bond motifs is 2. The minimum absolute atomic E-state index is 0.139. The Bertz CT molecular complexity index is 1040. The van der Waals surface area contributed by atoms with E-state index in [1.54, 1.807) is 29.2 Å². The van der Waals surface area contributed by atoms with Crippen molar-refractivity contribution in [2.75, 3.05) is 31.6 Å². The van der Waals surface area contributed by atoms with Gasteiger partial charge >= 0.3 is 12.0 Å². The number of hydrogen-bond acceptors (Lipinski definition) is 4. The number of ether oxygens (including phenoxy) is 1. The molecule has 4 rings (SSSR count). The number of anilines is 1. The number of piperidine rings is 1. The highest BCUT2D eigenvalue weighted by Gasteiger charge is 2.46. The van der Waals surface area contributed by atoms with Crippen LogP contribution in [0.25, 0.3) is 0 Å². The fourth-order valence-corrected chi connectivity index (χ4v) is 4.90. The van der Waals surface area contributed by atoms with Gasteiger partial charge in [0.15, 0.2) is 0 Å². The number of nitrogens with one attached hydrogen (secondary N) is 1. The molecule has 7 heteroatoms. The maximum Gasteiger partial charge on any atom is 0.337 e. The normalized spacial score (nSPS) is 17.7. The van der Waals surface area contributed by atoms with Gasteiger partial charge in [-0.1, -0.05) is 12.1 Å². The molecule has 0 unspecified atom stereocenters. The molecule has 2 aliphatic rings. The van der Waals surface area contributed by atoms with Crippen molar-refractivity contribution in [3.63, 3.8) is 0 Å². The standard InChI is InChI=1S/C26H32FN3O3/c1-25(2,3)28-24(32)30-17-26(21-15-20(27)9-10-22(21)30)11-13-29(14-12-26)16-18-5-7-19(8-6-18)23(31)33-4/h5-10,15H,11-14,16-17H2,1-4H3,(H,28,32). The highest BCUT2D eigenvalue weighted by atomic mass is 19.1. The molecule has 33 heavy (non-hydrogen) atoms. The summed E-state index contributed by atoms with van der Waals surface area (Å²) in [5.41, 5.74) is 2.83. The molecule has 1 spiro atoms. The predicted molar refractivity (Wildman–Crippen MR) is 126 cm³/mol. The Balaban J connectivity index is 1.47. The predicted octanol–water partition coefficient (Wildman–Crippen LogP) is 4.47. The van der Waals surface area contributed by atoms with E-state index >= 15 is 0 Å². The molecule has 1 saturated heterocycles. The van der Waals surface area contributed by atoms with Crippen LogP contribution in [0.1, 0.15) is 55.1 Å². The number of benzene rings is 2. The Morgan fingerprint density at radius 2 is 1.76 bits per heavy atom. The lowest BCUT2D eigenvalue weighted by Gasteiger charge is -2.40. The van der Waals surface area contributed by atoms with E-state index in [-0.39, 0.29) is 28.8 Å². The van der Waals surface area contributed by atoms with Gasteiger partial charge < -0.3 is 10.1 Å².